The third kappa shape index (κ3) is 1.35. The van der Waals surface area contributed by atoms with Gasteiger partial charge in [-0.1, -0.05) is 12.2 Å². The molecule has 4 heteroatoms. The summed E-state index contributed by atoms with van der Waals surface area (Å²) in [6.07, 6.45) is 7.37. The third-order valence-electron chi connectivity index (χ3n) is 2.53. The average Bonchev–Trinajstić information content (AvgIpc) is 2.95. The first-order valence-electron chi connectivity index (χ1n) is 4.96. The number of aromatic amines is 2. The van der Waals surface area contributed by atoms with Gasteiger partial charge in [-0.3, -0.25) is 4.99 Å². The van der Waals surface area contributed by atoms with E-state index < -0.39 is 0 Å². The zero-order chi connectivity index (χ0) is 11.0. The van der Waals surface area contributed by atoms with Crippen molar-refractivity contribution in [2.75, 3.05) is 0 Å². The van der Waals surface area contributed by atoms with E-state index >= 15 is 0 Å². The highest BCUT2D eigenvalue weighted by atomic mass is 32.1. The lowest BCUT2D eigenvalue weighted by atomic mass is 10.1. The lowest BCUT2D eigenvalue weighted by Crippen LogP contribution is -2.09. The van der Waals surface area contributed by atoms with E-state index in [1.54, 1.807) is 6.20 Å². The van der Waals surface area contributed by atoms with Crippen molar-refractivity contribution in [2.24, 2.45) is 4.99 Å². The average molecular weight is 227 g/mol. The molecule has 0 radical (unpaired) electrons. The minimum Gasteiger partial charge on any atom is -0.361 e. The fraction of sp³-hybridized carbons (Fsp3) is 0. The van der Waals surface area contributed by atoms with Crippen LogP contribution in [0.25, 0.3) is 11.3 Å². The van der Waals surface area contributed by atoms with E-state index in [4.69, 9.17) is 12.2 Å². The number of nitrogens with zero attached hydrogens (tertiary/aromatic N) is 1. The normalized spacial score (nSPS) is 14.5. The van der Waals surface area contributed by atoms with Gasteiger partial charge in [0.2, 0.25) is 0 Å². The molecule has 0 spiro atoms. The second kappa shape index (κ2) is 3.57. The minimum atomic E-state index is 0.773. The van der Waals surface area contributed by atoms with Gasteiger partial charge in [-0.25, -0.2) is 0 Å². The monoisotopic (exact) mass is 227 g/mol. The van der Waals surface area contributed by atoms with E-state index in [1.807, 2.05) is 36.7 Å². The molecule has 0 atom stereocenters. The van der Waals surface area contributed by atoms with E-state index in [9.17, 15) is 0 Å². The SMILES string of the molecule is S=C1C=CN=C1c1[nH]ccc1-c1ccc[nH]1. The first kappa shape index (κ1) is 9.30. The second-order valence-electron chi connectivity index (χ2n) is 3.51. The Morgan fingerprint density at radius 1 is 1.12 bits per heavy atom. The van der Waals surface area contributed by atoms with Gasteiger partial charge in [0.15, 0.2) is 0 Å². The number of aromatic nitrogens is 2. The fourth-order valence-electron chi connectivity index (χ4n) is 1.80. The van der Waals surface area contributed by atoms with Crippen molar-refractivity contribution in [3.05, 3.63) is 48.6 Å². The second-order valence-corrected chi connectivity index (χ2v) is 3.95. The number of hydrogen-bond donors (Lipinski definition) is 2. The summed E-state index contributed by atoms with van der Waals surface area (Å²) in [7, 11) is 0. The van der Waals surface area contributed by atoms with Gasteiger partial charge in [-0.2, -0.15) is 0 Å². The number of thiocarbonyl (C=S) groups is 1. The molecule has 2 aromatic rings. The summed E-state index contributed by atoms with van der Waals surface area (Å²) in [6, 6.07) is 6.02. The van der Waals surface area contributed by atoms with Crippen LogP contribution in [-0.2, 0) is 0 Å². The molecule has 0 saturated carbocycles. The van der Waals surface area contributed by atoms with Crippen molar-refractivity contribution in [1.82, 2.24) is 9.97 Å². The van der Waals surface area contributed by atoms with Crippen LogP contribution in [0.4, 0.5) is 0 Å². The van der Waals surface area contributed by atoms with E-state index in [-0.39, 0.29) is 0 Å². The predicted octanol–water partition coefficient (Wildman–Crippen LogP) is 2.70. The Bertz CT molecular complexity index is 588. The smallest absolute Gasteiger partial charge is 0.105 e. The first-order valence-corrected chi connectivity index (χ1v) is 5.37. The largest absolute Gasteiger partial charge is 0.361 e. The fourth-order valence-corrected chi connectivity index (χ4v) is 2.01. The molecule has 0 unspecified atom stereocenters. The molecule has 0 bridgehead atoms. The Kier molecular flexibility index (Phi) is 2.08. The highest BCUT2D eigenvalue weighted by molar-refractivity contribution is 7.82. The Morgan fingerprint density at radius 3 is 2.75 bits per heavy atom. The highest BCUT2D eigenvalue weighted by Crippen LogP contribution is 2.23. The maximum atomic E-state index is 5.23. The number of hydrogen-bond acceptors (Lipinski definition) is 2. The molecule has 16 heavy (non-hydrogen) atoms. The van der Waals surface area contributed by atoms with Crippen molar-refractivity contribution in [3.8, 4) is 11.3 Å². The lowest BCUT2D eigenvalue weighted by molar-refractivity contribution is 1.35. The Balaban J connectivity index is 2.10. The van der Waals surface area contributed by atoms with Gasteiger partial charge >= 0.3 is 0 Å². The van der Waals surface area contributed by atoms with Crippen molar-refractivity contribution >= 4 is 22.8 Å². The molecular formula is C12H9N3S. The van der Waals surface area contributed by atoms with Gasteiger partial charge in [0.1, 0.15) is 5.71 Å². The number of rotatable bonds is 2. The van der Waals surface area contributed by atoms with Gasteiger partial charge < -0.3 is 9.97 Å². The van der Waals surface area contributed by atoms with E-state index in [2.05, 4.69) is 15.0 Å². The van der Waals surface area contributed by atoms with Crippen LogP contribution in [0.2, 0.25) is 0 Å². The standard InChI is InChI=1S/C12H9N3S/c16-10-4-7-15-12(10)11-8(3-6-14-11)9-2-1-5-13-9/h1-7,13-14H. The van der Waals surface area contributed by atoms with Crippen molar-refractivity contribution in [1.29, 1.82) is 0 Å². The Hall–Kier alpha value is -1.94. The minimum absolute atomic E-state index is 0.773. The van der Waals surface area contributed by atoms with Crippen LogP contribution in [0, 0.1) is 0 Å². The maximum Gasteiger partial charge on any atom is 0.105 e. The van der Waals surface area contributed by atoms with Gasteiger partial charge in [-0.05, 0) is 24.3 Å². The van der Waals surface area contributed by atoms with Crippen LogP contribution in [0.3, 0.4) is 0 Å². The molecule has 78 valence electrons. The summed E-state index contributed by atoms with van der Waals surface area (Å²) in [4.78, 5) is 11.4. The third-order valence-corrected chi connectivity index (χ3v) is 2.86. The van der Waals surface area contributed by atoms with Crippen LogP contribution < -0.4 is 0 Å². The number of allylic oxidation sites excluding steroid dienone is 1. The molecule has 0 aliphatic carbocycles. The number of H-pyrrole nitrogens is 2. The van der Waals surface area contributed by atoms with E-state index in [0.29, 0.717) is 0 Å². The summed E-state index contributed by atoms with van der Waals surface area (Å²) < 4.78 is 0. The van der Waals surface area contributed by atoms with Gasteiger partial charge in [0.05, 0.1) is 10.6 Å². The Labute approximate surface area is 97.9 Å². The summed E-state index contributed by atoms with van der Waals surface area (Å²) in [5.74, 6) is 0. The van der Waals surface area contributed by atoms with Crippen LogP contribution in [0.15, 0.2) is 47.9 Å². The predicted molar refractivity (Wildman–Crippen MR) is 68.9 cm³/mol. The molecule has 1 aliphatic rings. The molecule has 0 amide bonds. The first-order chi connectivity index (χ1) is 7.86. The Morgan fingerprint density at radius 2 is 2.06 bits per heavy atom. The summed E-state index contributed by atoms with van der Waals surface area (Å²) in [5, 5.41) is 0. The molecule has 0 saturated heterocycles. The van der Waals surface area contributed by atoms with E-state index in [1.165, 1.54) is 0 Å². The highest BCUT2D eigenvalue weighted by Gasteiger charge is 2.17. The maximum absolute atomic E-state index is 5.23. The van der Waals surface area contributed by atoms with Crippen molar-refractivity contribution in [2.45, 2.75) is 0 Å². The van der Waals surface area contributed by atoms with E-state index in [0.717, 1.165) is 27.5 Å². The molecule has 3 rings (SSSR count). The summed E-state index contributed by atoms with van der Waals surface area (Å²) >= 11 is 5.23. The molecule has 3 heterocycles. The summed E-state index contributed by atoms with van der Waals surface area (Å²) in [6.45, 7) is 0. The molecule has 1 aliphatic heterocycles. The van der Waals surface area contributed by atoms with Crippen molar-refractivity contribution < 1.29 is 0 Å². The zero-order valence-corrected chi connectivity index (χ0v) is 9.21. The van der Waals surface area contributed by atoms with Crippen LogP contribution in [-0.4, -0.2) is 20.5 Å². The number of nitrogens with one attached hydrogen (secondary N) is 2. The molecule has 3 nitrogen and oxygen atoms in total. The topological polar surface area (TPSA) is 43.9 Å². The zero-order valence-electron chi connectivity index (χ0n) is 8.40. The molecule has 0 aromatic carbocycles. The van der Waals surface area contributed by atoms with Crippen LogP contribution in [0.5, 0.6) is 0 Å². The van der Waals surface area contributed by atoms with Crippen molar-refractivity contribution in [3.63, 3.8) is 0 Å². The molecule has 2 aromatic heterocycles. The molecule has 2 N–H and O–H groups in total. The lowest BCUT2D eigenvalue weighted by Gasteiger charge is -2.02. The molecular weight excluding hydrogens is 218 g/mol. The van der Waals surface area contributed by atoms with Gasteiger partial charge in [0, 0.05) is 29.9 Å². The molecule has 0 fully saturated rings. The number of aliphatic imine (C=N–C) groups is 1. The quantitative estimate of drug-likeness (QED) is 0.761. The van der Waals surface area contributed by atoms with Gasteiger partial charge in [-0.15, -0.1) is 0 Å². The van der Waals surface area contributed by atoms with Crippen LogP contribution in [0.1, 0.15) is 5.69 Å². The van der Waals surface area contributed by atoms with Crippen LogP contribution >= 0.6 is 12.2 Å². The summed E-state index contributed by atoms with van der Waals surface area (Å²) in [5.41, 5.74) is 3.96. The van der Waals surface area contributed by atoms with Gasteiger partial charge in [0.25, 0.3) is 0 Å².